The van der Waals surface area contributed by atoms with Crippen LogP contribution < -0.4 is 9.80 Å². The largest absolute Gasteiger partial charge is 0.395 e. The third kappa shape index (κ3) is 4.60. The zero-order valence-electron chi connectivity index (χ0n) is 19.2. The number of amides is 2. The van der Waals surface area contributed by atoms with E-state index >= 15 is 0 Å². The van der Waals surface area contributed by atoms with Crippen molar-refractivity contribution >= 4 is 23.8 Å². The van der Waals surface area contributed by atoms with Crippen LogP contribution in [0.25, 0.3) is 0 Å². The molecule has 1 aromatic carbocycles. The van der Waals surface area contributed by atoms with E-state index in [1.807, 2.05) is 11.8 Å². The summed E-state index contributed by atoms with van der Waals surface area (Å²) in [6, 6.07) is 8.82. The summed E-state index contributed by atoms with van der Waals surface area (Å²) in [6.45, 7) is 4.91. The fourth-order valence-corrected chi connectivity index (χ4v) is 4.82. The average Bonchev–Trinajstić information content (AvgIpc) is 3.75. The standard InChI is InChI=1S/C26H32N4O3/c1-18-14-25(30(17-32)12-13-31)27-16-23(18)26(33)29-10-8-28(9-11-29)24-7-6-21(19-2-3-19)15-22(24)20-4-5-20/h6-7,14-17,19-20,31H,2-5,8-13H2,1H3. The van der Waals surface area contributed by atoms with E-state index in [1.165, 1.54) is 47.4 Å². The summed E-state index contributed by atoms with van der Waals surface area (Å²) in [5, 5.41) is 9.11. The topological polar surface area (TPSA) is 77.0 Å². The molecule has 7 heteroatoms. The van der Waals surface area contributed by atoms with Gasteiger partial charge < -0.3 is 14.9 Å². The summed E-state index contributed by atoms with van der Waals surface area (Å²) in [7, 11) is 0. The second-order valence-corrected chi connectivity index (χ2v) is 9.53. The minimum absolute atomic E-state index is 0.0162. The SMILES string of the molecule is Cc1cc(N(C=O)CCO)ncc1C(=O)N1CCN(c2ccc(C3CC3)cc2C2CC2)CC1. The van der Waals surface area contributed by atoms with Crippen molar-refractivity contribution in [1.82, 2.24) is 9.88 Å². The highest BCUT2D eigenvalue weighted by molar-refractivity contribution is 5.96. The molecule has 7 nitrogen and oxygen atoms in total. The molecular formula is C26H32N4O3. The van der Waals surface area contributed by atoms with Crippen molar-refractivity contribution in [1.29, 1.82) is 0 Å². The van der Waals surface area contributed by atoms with Crippen molar-refractivity contribution in [3.8, 4) is 0 Å². The van der Waals surface area contributed by atoms with E-state index in [9.17, 15) is 9.59 Å². The average molecular weight is 449 g/mol. The van der Waals surface area contributed by atoms with Gasteiger partial charge in [-0.15, -0.1) is 0 Å². The summed E-state index contributed by atoms with van der Waals surface area (Å²) < 4.78 is 0. The molecule has 2 heterocycles. The zero-order chi connectivity index (χ0) is 22.9. The molecular weight excluding hydrogens is 416 g/mol. The molecule has 1 aromatic heterocycles. The van der Waals surface area contributed by atoms with Gasteiger partial charge in [0.25, 0.3) is 5.91 Å². The Hall–Kier alpha value is -2.93. The Morgan fingerprint density at radius 2 is 1.85 bits per heavy atom. The van der Waals surface area contributed by atoms with Gasteiger partial charge >= 0.3 is 0 Å². The van der Waals surface area contributed by atoms with Crippen molar-refractivity contribution in [2.75, 3.05) is 49.1 Å². The Bertz CT molecular complexity index is 1040. The molecule has 2 aromatic rings. The maximum Gasteiger partial charge on any atom is 0.255 e. The molecule has 1 aliphatic heterocycles. The quantitative estimate of drug-likeness (QED) is 0.628. The molecule has 0 spiro atoms. The van der Waals surface area contributed by atoms with Gasteiger partial charge in [0.15, 0.2) is 0 Å². The van der Waals surface area contributed by atoms with Gasteiger partial charge in [-0.1, -0.05) is 12.1 Å². The van der Waals surface area contributed by atoms with Gasteiger partial charge in [-0.3, -0.25) is 14.5 Å². The predicted octanol–water partition coefficient (Wildman–Crippen LogP) is 3.06. The van der Waals surface area contributed by atoms with Crippen LogP contribution in [0.15, 0.2) is 30.5 Å². The van der Waals surface area contributed by atoms with Crippen LogP contribution in [-0.2, 0) is 4.79 Å². The number of anilines is 2. The van der Waals surface area contributed by atoms with Gasteiger partial charge in [0, 0.05) is 38.1 Å². The van der Waals surface area contributed by atoms with Crippen LogP contribution in [0.1, 0.15) is 64.6 Å². The Kier molecular flexibility index (Phi) is 6.06. The number of aryl methyl sites for hydroxylation is 1. The van der Waals surface area contributed by atoms with Crippen LogP contribution in [0, 0.1) is 6.92 Å². The van der Waals surface area contributed by atoms with Crippen LogP contribution in [-0.4, -0.2) is 66.6 Å². The number of pyridine rings is 1. The zero-order valence-corrected chi connectivity index (χ0v) is 19.2. The van der Waals surface area contributed by atoms with Crippen molar-refractivity contribution in [3.05, 3.63) is 52.7 Å². The maximum absolute atomic E-state index is 13.2. The minimum atomic E-state index is -0.143. The number of aromatic nitrogens is 1. The Morgan fingerprint density at radius 3 is 2.45 bits per heavy atom. The molecule has 3 fully saturated rings. The third-order valence-corrected chi connectivity index (χ3v) is 7.11. The van der Waals surface area contributed by atoms with Crippen LogP contribution in [0.5, 0.6) is 0 Å². The molecule has 0 unspecified atom stereocenters. The first-order valence-electron chi connectivity index (χ1n) is 12.1. The van der Waals surface area contributed by atoms with Gasteiger partial charge in [-0.25, -0.2) is 4.98 Å². The van der Waals surface area contributed by atoms with Crippen LogP contribution in [0.3, 0.4) is 0 Å². The lowest BCUT2D eigenvalue weighted by molar-refractivity contribution is -0.107. The first-order chi connectivity index (χ1) is 16.1. The van der Waals surface area contributed by atoms with Gasteiger partial charge in [0.2, 0.25) is 6.41 Å². The van der Waals surface area contributed by atoms with E-state index in [1.54, 1.807) is 12.3 Å². The Labute approximate surface area is 195 Å². The number of aliphatic hydroxyl groups excluding tert-OH is 1. The molecule has 1 saturated heterocycles. The summed E-state index contributed by atoms with van der Waals surface area (Å²) in [4.78, 5) is 34.4. The second kappa shape index (κ2) is 9.14. The lowest BCUT2D eigenvalue weighted by Crippen LogP contribution is -2.49. The van der Waals surface area contributed by atoms with E-state index in [4.69, 9.17) is 5.11 Å². The monoisotopic (exact) mass is 448 g/mol. The molecule has 0 bridgehead atoms. The molecule has 2 aliphatic carbocycles. The number of carbonyl (C=O) groups is 2. The van der Waals surface area contributed by atoms with Crippen LogP contribution >= 0.6 is 0 Å². The van der Waals surface area contributed by atoms with Gasteiger partial charge in [-0.05, 0) is 73.3 Å². The molecule has 2 saturated carbocycles. The Morgan fingerprint density at radius 1 is 1.12 bits per heavy atom. The summed E-state index contributed by atoms with van der Waals surface area (Å²) in [6.07, 6.45) is 7.44. The summed E-state index contributed by atoms with van der Waals surface area (Å²) >= 11 is 0. The van der Waals surface area contributed by atoms with E-state index in [2.05, 4.69) is 28.1 Å². The van der Waals surface area contributed by atoms with Crippen molar-refractivity contribution in [2.24, 2.45) is 0 Å². The molecule has 2 amide bonds. The van der Waals surface area contributed by atoms with Crippen molar-refractivity contribution in [2.45, 2.75) is 44.4 Å². The number of piperazine rings is 1. The normalized spacial score (nSPS) is 18.4. The fraction of sp³-hybridized carbons (Fsp3) is 0.500. The van der Waals surface area contributed by atoms with E-state index < -0.39 is 0 Å². The summed E-state index contributed by atoms with van der Waals surface area (Å²) in [5.41, 5.74) is 5.72. The van der Waals surface area contributed by atoms with E-state index in [0.717, 1.165) is 24.6 Å². The lowest BCUT2D eigenvalue weighted by atomic mass is 10.0. The van der Waals surface area contributed by atoms with Gasteiger partial charge in [0.1, 0.15) is 5.82 Å². The highest BCUT2D eigenvalue weighted by atomic mass is 16.3. The first-order valence-corrected chi connectivity index (χ1v) is 12.1. The second-order valence-electron chi connectivity index (χ2n) is 9.53. The molecule has 174 valence electrons. The highest BCUT2D eigenvalue weighted by Gasteiger charge is 2.32. The van der Waals surface area contributed by atoms with Crippen LogP contribution in [0.4, 0.5) is 11.5 Å². The number of carbonyl (C=O) groups excluding carboxylic acids is 2. The third-order valence-electron chi connectivity index (χ3n) is 7.11. The first kappa shape index (κ1) is 21.9. The number of benzene rings is 1. The fourth-order valence-electron chi connectivity index (χ4n) is 4.82. The molecule has 1 N–H and O–H groups in total. The predicted molar refractivity (Wildman–Crippen MR) is 128 cm³/mol. The number of aliphatic hydroxyl groups is 1. The minimum Gasteiger partial charge on any atom is -0.395 e. The number of hydrogen-bond donors (Lipinski definition) is 1. The van der Waals surface area contributed by atoms with Crippen LogP contribution in [0.2, 0.25) is 0 Å². The molecule has 3 aliphatic rings. The molecule has 33 heavy (non-hydrogen) atoms. The van der Waals surface area contributed by atoms with E-state index in [-0.39, 0.29) is 19.1 Å². The summed E-state index contributed by atoms with van der Waals surface area (Å²) in [5.74, 6) is 1.91. The molecule has 0 radical (unpaired) electrons. The Balaban J connectivity index is 1.26. The lowest BCUT2D eigenvalue weighted by Gasteiger charge is -2.37. The van der Waals surface area contributed by atoms with Gasteiger partial charge in [0.05, 0.1) is 18.7 Å². The van der Waals surface area contributed by atoms with Crippen molar-refractivity contribution < 1.29 is 14.7 Å². The number of hydrogen-bond acceptors (Lipinski definition) is 5. The smallest absolute Gasteiger partial charge is 0.255 e. The molecule has 0 atom stereocenters. The highest BCUT2D eigenvalue weighted by Crippen LogP contribution is 2.48. The molecule has 5 rings (SSSR count). The maximum atomic E-state index is 13.2. The van der Waals surface area contributed by atoms with E-state index in [0.29, 0.717) is 36.8 Å². The van der Waals surface area contributed by atoms with Gasteiger partial charge in [-0.2, -0.15) is 0 Å². The number of rotatable bonds is 8. The van der Waals surface area contributed by atoms with Crippen molar-refractivity contribution in [3.63, 3.8) is 0 Å². The number of nitrogens with zero attached hydrogens (tertiary/aromatic N) is 4.